The molecule has 0 aliphatic rings. The van der Waals surface area contributed by atoms with Crippen LogP contribution in [0.2, 0.25) is 0 Å². The van der Waals surface area contributed by atoms with E-state index in [2.05, 4.69) is 10.9 Å². The van der Waals surface area contributed by atoms with E-state index in [4.69, 9.17) is 11.1 Å². The monoisotopic (exact) mass is 130 g/mol. The quantitative estimate of drug-likeness (QED) is 0.190. The number of hydrogen-bond donors (Lipinski definition) is 3. The standard InChI is InChI=1S/C3H7N.C2H7N3/c1-3(2)4;1-2(3)5-4/h4H,1-2H3;4H2,1H3,(H2,3,5). The van der Waals surface area contributed by atoms with Gasteiger partial charge in [0.25, 0.3) is 0 Å². The zero-order valence-electron chi connectivity index (χ0n) is 6.10. The minimum Gasteiger partial charge on any atom is -0.386 e. The van der Waals surface area contributed by atoms with Crippen LogP contribution in [0.1, 0.15) is 20.8 Å². The van der Waals surface area contributed by atoms with Gasteiger partial charge in [-0.05, 0) is 20.8 Å². The topological polar surface area (TPSA) is 88.2 Å². The summed E-state index contributed by atoms with van der Waals surface area (Å²) in [5, 5.41) is 9.58. The zero-order chi connectivity index (χ0) is 7.86. The molecule has 0 aliphatic carbocycles. The highest BCUT2D eigenvalue weighted by atomic mass is 15.1. The molecule has 0 unspecified atom stereocenters. The molecule has 0 bridgehead atoms. The third kappa shape index (κ3) is 192. The molecule has 4 heteroatoms. The number of nitrogens with zero attached hydrogens (tertiary/aromatic N) is 1. The Bertz CT molecular complexity index is 97.5. The summed E-state index contributed by atoms with van der Waals surface area (Å²) in [5.41, 5.74) is 5.58. The average molecular weight is 130 g/mol. The van der Waals surface area contributed by atoms with Crippen LogP contribution in [0.15, 0.2) is 5.10 Å². The molecular formula is C5H14N4. The Morgan fingerprint density at radius 3 is 1.44 bits per heavy atom. The van der Waals surface area contributed by atoms with Gasteiger partial charge in [-0.1, -0.05) is 0 Å². The molecule has 0 saturated heterocycles. The molecule has 0 heterocycles. The Kier molecular flexibility index (Phi) is 8.36. The Labute approximate surface area is 55.4 Å². The fraction of sp³-hybridized carbons (Fsp3) is 0.600. The highest BCUT2D eigenvalue weighted by Crippen LogP contribution is 1.52. The summed E-state index contributed by atoms with van der Waals surface area (Å²) >= 11 is 0. The van der Waals surface area contributed by atoms with Crippen LogP contribution in [0.3, 0.4) is 0 Å². The summed E-state index contributed by atoms with van der Waals surface area (Å²) in [5.74, 6) is 5.04. The molecule has 0 aromatic rings. The van der Waals surface area contributed by atoms with E-state index in [-0.39, 0.29) is 0 Å². The van der Waals surface area contributed by atoms with Crippen LogP contribution in [0, 0.1) is 5.41 Å². The third-order valence-electron chi connectivity index (χ3n) is 0.204. The molecule has 4 nitrogen and oxygen atoms in total. The molecule has 0 aromatic carbocycles. The first kappa shape index (κ1) is 10.8. The molecule has 0 amide bonds. The molecular weight excluding hydrogens is 116 g/mol. The summed E-state index contributed by atoms with van der Waals surface area (Å²) < 4.78 is 0. The SMILES string of the molecule is CC(C)=N.CC(N)=NN. The first-order valence-electron chi connectivity index (χ1n) is 2.52. The van der Waals surface area contributed by atoms with Gasteiger partial charge in [0.05, 0.1) is 0 Å². The van der Waals surface area contributed by atoms with Crippen molar-refractivity contribution in [2.24, 2.45) is 16.7 Å². The Hall–Kier alpha value is -1.06. The highest BCUT2D eigenvalue weighted by Gasteiger charge is 1.62. The summed E-state index contributed by atoms with van der Waals surface area (Å²) in [6, 6.07) is 0. The molecule has 0 rings (SSSR count). The van der Waals surface area contributed by atoms with E-state index in [9.17, 15) is 0 Å². The molecule has 0 saturated carbocycles. The normalized spacial score (nSPS) is 9.44. The Morgan fingerprint density at radius 2 is 1.44 bits per heavy atom. The number of hydrogen-bond acceptors (Lipinski definition) is 3. The van der Waals surface area contributed by atoms with E-state index in [1.807, 2.05) is 0 Å². The molecule has 9 heavy (non-hydrogen) atoms. The van der Waals surface area contributed by atoms with E-state index in [0.29, 0.717) is 11.5 Å². The number of amidine groups is 1. The lowest BCUT2D eigenvalue weighted by Gasteiger charge is -1.75. The number of nitrogens with one attached hydrogen (secondary N) is 1. The average Bonchev–Trinajstić information content (AvgIpc) is 1.65. The molecule has 0 fully saturated rings. The van der Waals surface area contributed by atoms with Gasteiger partial charge in [0.1, 0.15) is 5.84 Å². The van der Waals surface area contributed by atoms with Crippen molar-refractivity contribution in [1.29, 1.82) is 5.41 Å². The summed E-state index contributed by atoms with van der Waals surface area (Å²) in [4.78, 5) is 0. The highest BCUT2D eigenvalue weighted by molar-refractivity contribution is 5.76. The van der Waals surface area contributed by atoms with Crippen LogP contribution in [0.5, 0.6) is 0 Å². The minimum atomic E-state index is 0.407. The Morgan fingerprint density at radius 1 is 1.33 bits per heavy atom. The minimum absolute atomic E-state index is 0.407. The lowest BCUT2D eigenvalue weighted by molar-refractivity contribution is 1.22. The predicted octanol–water partition coefficient (Wildman–Crippen LogP) is 0.283. The van der Waals surface area contributed by atoms with Gasteiger partial charge in [0.2, 0.25) is 0 Å². The van der Waals surface area contributed by atoms with E-state index in [1.54, 1.807) is 20.8 Å². The summed E-state index contributed by atoms with van der Waals surface area (Å²) in [6.07, 6.45) is 0. The van der Waals surface area contributed by atoms with Gasteiger partial charge in [-0.3, -0.25) is 0 Å². The number of hydrazone groups is 1. The lowest BCUT2D eigenvalue weighted by atomic mass is 10.5. The van der Waals surface area contributed by atoms with Crippen molar-refractivity contribution in [3.8, 4) is 0 Å². The van der Waals surface area contributed by atoms with Gasteiger partial charge >= 0.3 is 0 Å². The second-order valence-corrected chi connectivity index (χ2v) is 1.77. The fourth-order valence-electron chi connectivity index (χ4n) is 0. The van der Waals surface area contributed by atoms with Crippen molar-refractivity contribution < 1.29 is 0 Å². The molecule has 0 atom stereocenters. The first-order valence-corrected chi connectivity index (χ1v) is 2.52. The van der Waals surface area contributed by atoms with Crippen LogP contribution >= 0.6 is 0 Å². The zero-order valence-corrected chi connectivity index (χ0v) is 6.10. The van der Waals surface area contributed by atoms with Gasteiger partial charge in [-0.2, -0.15) is 5.10 Å². The molecule has 5 N–H and O–H groups in total. The number of rotatable bonds is 0. The molecule has 0 aliphatic heterocycles. The van der Waals surface area contributed by atoms with Crippen molar-refractivity contribution in [3.05, 3.63) is 0 Å². The van der Waals surface area contributed by atoms with E-state index < -0.39 is 0 Å². The van der Waals surface area contributed by atoms with Crippen LogP contribution in [-0.2, 0) is 0 Å². The van der Waals surface area contributed by atoms with Crippen molar-refractivity contribution in [1.82, 2.24) is 0 Å². The van der Waals surface area contributed by atoms with Crippen molar-refractivity contribution >= 4 is 11.5 Å². The van der Waals surface area contributed by atoms with E-state index >= 15 is 0 Å². The van der Waals surface area contributed by atoms with Crippen LogP contribution in [-0.4, -0.2) is 11.5 Å². The van der Waals surface area contributed by atoms with Gasteiger partial charge in [-0.25, -0.2) is 0 Å². The van der Waals surface area contributed by atoms with Crippen LogP contribution < -0.4 is 11.6 Å². The maximum absolute atomic E-state index is 6.50. The Balaban J connectivity index is 0. The van der Waals surface area contributed by atoms with Crippen molar-refractivity contribution in [3.63, 3.8) is 0 Å². The summed E-state index contributed by atoms with van der Waals surface area (Å²) in [7, 11) is 0. The van der Waals surface area contributed by atoms with Crippen LogP contribution in [0.4, 0.5) is 0 Å². The fourth-order valence-corrected chi connectivity index (χ4v) is 0. The van der Waals surface area contributed by atoms with Gasteiger partial charge < -0.3 is 17.0 Å². The van der Waals surface area contributed by atoms with Crippen LogP contribution in [0.25, 0.3) is 0 Å². The predicted molar refractivity (Wildman–Crippen MR) is 40.6 cm³/mol. The summed E-state index contributed by atoms with van der Waals surface area (Å²) in [6.45, 7) is 5.12. The second kappa shape index (κ2) is 6.94. The molecule has 0 aromatic heterocycles. The third-order valence-corrected chi connectivity index (χ3v) is 0.204. The van der Waals surface area contributed by atoms with Gasteiger partial charge in [0, 0.05) is 5.71 Å². The van der Waals surface area contributed by atoms with Gasteiger partial charge in [0.15, 0.2) is 0 Å². The molecule has 0 spiro atoms. The first-order chi connectivity index (χ1) is 4.00. The smallest absolute Gasteiger partial charge is 0.116 e. The lowest BCUT2D eigenvalue weighted by Crippen LogP contribution is -2.07. The van der Waals surface area contributed by atoms with Gasteiger partial charge in [-0.15, -0.1) is 0 Å². The number of nitrogens with two attached hydrogens (primary N) is 2. The maximum atomic E-state index is 6.50. The largest absolute Gasteiger partial charge is 0.386 e. The second-order valence-electron chi connectivity index (χ2n) is 1.77. The van der Waals surface area contributed by atoms with Crippen molar-refractivity contribution in [2.45, 2.75) is 20.8 Å². The maximum Gasteiger partial charge on any atom is 0.116 e. The van der Waals surface area contributed by atoms with E-state index in [1.165, 1.54) is 0 Å². The van der Waals surface area contributed by atoms with Crippen molar-refractivity contribution in [2.75, 3.05) is 0 Å². The van der Waals surface area contributed by atoms with E-state index in [0.717, 1.165) is 0 Å². The molecule has 54 valence electrons. The molecule has 0 radical (unpaired) electrons.